The van der Waals surface area contributed by atoms with Crippen molar-refractivity contribution in [1.82, 2.24) is 15.0 Å². The normalized spacial score (nSPS) is 21.5. The molecule has 132 valence electrons. The Morgan fingerprint density at radius 2 is 2.23 bits per heavy atom. The van der Waals surface area contributed by atoms with E-state index in [0.717, 1.165) is 36.0 Å². The van der Waals surface area contributed by atoms with Crippen LogP contribution in [0.2, 0.25) is 0 Å². The van der Waals surface area contributed by atoms with Gasteiger partial charge in [-0.3, -0.25) is 9.78 Å². The van der Waals surface area contributed by atoms with E-state index >= 15 is 0 Å². The number of ether oxygens (including phenoxy) is 1. The molecule has 0 unspecified atom stereocenters. The van der Waals surface area contributed by atoms with E-state index in [2.05, 4.69) is 10.1 Å². The number of benzene rings is 1. The number of hydrogen-bond donors (Lipinski definition) is 0. The monoisotopic (exact) mass is 349 g/mol. The number of hydrogen-bond acceptors (Lipinski definition) is 5. The number of aromatic nitrogens is 2. The van der Waals surface area contributed by atoms with Gasteiger partial charge >= 0.3 is 0 Å². The Labute approximate surface area is 150 Å². The number of carbonyl (C=O) groups excluding carboxylic acids is 1. The minimum atomic E-state index is -0.0241. The van der Waals surface area contributed by atoms with Crippen LogP contribution in [0.25, 0.3) is 10.9 Å². The molecule has 26 heavy (non-hydrogen) atoms. The SMILES string of the molecule is O=C(c1cc(COc2ccc3ncccc3c2)on1)N1C[C@H]2CC[C@H]1C2. The Kier molecular flexibility index (Phi) is 3.62. The van der Waals surface area contributed by atoms with Gasteiger partial charge in [-0.1, -0.05) is 11.2 Å². The largest absolute Gasteiger partial charge is 0.486 e. The quantitative estimate of drug-likeness (QED) is 0.722. The van der Waals surface area contributed by atoms with Crippen LogP contribution in [0.1, 0.15) is 35.5 Å². The summed E-state index contributed by atoms with van der Waals surface area (Å²) in [7, 11) is 0. The maximum atomic E-state index is 12.6. The number of rotatable bonds is 4. The van der Waals surface area contributed by atoms with Crippen molar-refractivity contribution < 1.29 is 14.1 Å². The van der Waals surface area contributed by atoms with Gasteiger partial charge in [0.1, 0.15) is 12.4 Å². The molecular formula is C20H19N3O3. The highest BCUT2D eigenvalue weighted by Gasteiger charge is 2.41. The average molecular weight is 349 g/mol. The predicted molar refractivity (Wildman–Crippen MR) is 94.7 cm³/mol. The maximum absolute atomic E-state index is 12.6. The van der Waals surface area contributed by atoms with E-state index in [1.165, 1.54) is 6.42 Å². The van der Waals surface area contributed by atoms with Gasteiger partial charge in [-0.05, 0) is 49.4 Å². The molecule has 5 rings (SSSR count). The van der Waals surface area contributed by atoms with E-state index in [1.807, 2.05) is 35.2 Å². The first kappa shape index (κ1) is 15.4. The van der Waals surface area contributed by atoms with Gasteiger partial charge in [0.05, 0.1) is 5.52 Å². The van der Waals surface area contributed by atoms with Gasteiger partial charge < -0.3 is 14.2 Å². The summed E-state index contributed by atoms with van der Waals surface area (Å²) in [6, 6.07) is 11.7. The first-order valence-electron chi connectivity index (χ1n) is 9.00. The fraction of sp³-hybridized carbons (Fsp3) is 0.350. The fourth-order valence-electron chi connectivity index (χ4n) is 4.10. The van der Waals surface area contributed by atoms with Crippen molar-refractivity contribution in [1.29, 1.82) is 0 Å². The Bertz CT molecular complexity index is 968. The third-order valence-corrected chi connectivity index (χ3v) is 5.40. The summed E-state index contributed by atoms with van der Waals surface area (Å²) in [5.41, 5.74) is 1.30. The van der Waals surface area contributed by atoms with E-state index in [-0.39, 0.29) is 12.5 Å². The minimum Gasteiger partial charge on any atom is -0.486 e. The number of carbonyl (C=O) groups is 1. The highest BCUT2D eigenvalue weighted by molar-refractivity contribution is 5.92. The van der Waals surface area contributed by atoms with Gasteiger partial charge in [-0.15, -0.1) is 0 Å². The summed E-state index contributed by atoms with van der Waals surface area (Å²) in [6.45, 7) is 1.09. The van der Waals surface area contributed by atoms with E-state index < -0.39 is 0 Å². The lowest BCUT2D eigenvalue weighted by Gasteiger charge is -2.25. The van der Waals surface area contributed by atoms with Crippen molar-refractivity contribution in [2.75, 3.05) is 6.54 Å². The number of pyridine rings is 1. The molecule has 2 aliphatic rings. The van der Waals surface area contributed by atoms with Gasteiger partial charge in [0.25, 0.3) is 5.91 Å². The standard InChI is InChI=1S/C20H19N3O3/c24-20(23-11-13-3-4-15(23)8-13)19-10-17(26-22-19)12-25-16-5-6-18-14(9-16)2-1-7-21-18/h1-2,5-7,9-10,13,15H,3-4,8,11-12H2/t13-,15-/m0/s1. The molecule has 1 aromatic carbocycles. The molecule has 1 aliphatic heterocycles. The third-order valence-electron chi connectivity index (χ3n) is 5.40. The second-order valence-corrected chi connectivity index (χ2v) is 7.12. The summed E-state index contributed by atoms with van der Waals surface area (Å²) in [5.74, 6) is 1.92. The molecule has 2 bridgehead atoms. The molecule has 0 radical (unpaired) electrons. The molecule has 0 spiro atoms. The zero-order valence-corrected chi connectivity index (χ0v) is 14.3. The zero-order chi connectivity index (χ0) is 17.5. The van der Waals surface area contributed by atoms with E-state index in [0.29, 0.717) is 23.4 Å². The molecule has 2 atom stereocenters. The number of piperidine rings is 1. The van der Waals surface area contributed by atoms with Crippen LogP contribution in [0.5, 0.6) is 5.75 Å². The Morgan fingerprint density at radius 1 is 1.27 bits per heavy atom. The van der Waals surface area contributed by atoms with Crippen molar-refractivity contribution >= 4 is 16.8 Å². The zero-order valence-electron chi connectivity index (χ0n) is 14.3. The maximum Gasteiger partial charge on any atom is 0.276 e. The highest BCUT2D eigenvalue weighted by Crippen LogP contribution is 2.38. The molecule has 1 aliphatic carbocycles. The van der Waals surface area contributed by atoms with Gasteiger partial charge in [0.2, 0.25) is 0 Å². The Morgan fingerprint density at radius 3 is 3.08 bits per heavy atom. The van der Waals surface area contributed by atoms with Gasteiger partial charge in [-0.2, -0.15) is 0 Å². The first-order valence-corrected chi connectivity index (χ1v) is 9.00. The molecule has 6 nitrogen and oxygen atoms in total. The minimum absolute atomic E-state index is 0.0241. The van der Waals surface area contributed by atoms with E-state index in [1.54, 1.807) is 12.3 Å². The highest BCUT2D eigenvalue weighted by atomic mass is 16.5. The van der Waals surface area contributed by atoms with E-state index in [4.69, 9.17) is 9.26 Å². The Hall–Kier alpha value is -2.89. The lowest BCUT2D eigenvalue weighted by molar-refractivity contribution is 0.0692. The summed E-state index contributed by atoms with van der Waals surface area (Å²) in [5, 5.41) is 4.97. The smallest absolute Gasteiger partial charge is 0.276 e. The van der Waals surface area contributed by atoms with Gasteiger partial charge in [0, 0.05) is 30.2 Å². The van der Waals surface area contributed by atoms with Crippen LogP contribution in [0.3, 0.4) is 0 Å². The fourth-order valence-corrected chi connectivity index (χ4v) is 4.10. The van der Waals surface area contributed by atoms with Crippen molar-refractivity contribution in [2.45, 2.75) is 31.9 Å². The Balaban J connectivity index is 1.26. The second kappa shape index (κ2) is 6.12. The molecule has 0 N–H and O–H groups in total. The van der Waals surface area contributed by atoms with E-state index in [9.17, 15) is 4.79 Å². The second-order valence-electron chi connectivity index (χ2n) is 7.12. The lowest BCUT2D eigenvalue weighted by atomic mass is 10.1. The van der Waals surface area contributed by atoms with Crippen molar-refractivity contribution in [3.05, 3.63) is 54.0 Å². The molecule has 3 aromatic rings. The van der Waals surface area contributed by atoms with Crippen molar-refractivity contribution in [3.63, 3.8) is 0 Å². The lowest BCUT2D eigenvalue weighted by Crippen LogP contribution is -2.37. The molecule has 6 heteroatoms. The van der Waals surface area contributed by atoms with Crippen LogP contribution in [0, 0.1) is 5.92 Å². The van der Waals surface area contributed by atoms with Crippen molar-refractivity contribution in [2.24, 2.45) is 5.92 Å². The molecule has 3 heterocycles. The van der Waals surface area contributed by atoms with Gasteiger partial charge in [0.15, 0.2) is 11.5 Å². The summed E-state index contributed by atoms with van der Waals surface area (Å²) < 4.78 is 11.1. The number of amides is 1. The third kappa shape index (κ3) is 2.71. The first-order chi connectivity index (χ1) is 12.8. The van der Waals surface area contributed by atoms with Gasteiger partial charge in [-0.25, -0.2) is 0 Å². The molecule has 1 saturated carbocycles. The summed E-state index contributed by atoms with van der Waals surface area (Å²) in [6.07, 6.45) is 5.26. The van der Waals surface area contributed by atoms with Crippen LogP contribution < -0.4 is 4.74 Å². The number of fused-ring (bicyclic) bond motifs is 3. The van der Waals surface area contributed by atoms with Crippen LogP contribution in [-0.2, 0) is 6.61 Å². The van der Waals surface area contributed by atoms with Crippen LogP contribution >= 0.6 is 0 Å². The molecule has 2 fully saturated rings. The molecular weight excluding hydrogens is 330 g/mol. The number of likely N-dealkylation sites (tertiary alicyclic amines) is 1. The van der Waals surface area contributed by atoms with Crippen LogP contribution in [0.4, 0.5) is 0 Å². The summed E-state index contributed by atoms with van der Waals surface area (Å²) >= 11 is 0. The molecule has 1 saturated heterocycles. The number of nitrogens with zero attached hydrogens (tertiary/aromatic N) is 3. The predicted octanol–water partition coefficient (Wildman–Crippen LogP) is 3.43. The summed E-state index contributed by atoms with van der Waals surface area (Å²) in [4.78, 5) is 18.9. The average Bonchev–Trinajstić information content (AvgIpc) is 3.42. The van der Waals surface area contributed by atoms with Crippen LogP contribution in [-0.4, -0.2) is 33.5 Å². The molecule has 1 amide bonds. The van der Waals surface area contributed by atoms with Crippen LogP contribution in [0.15, 0.2) is 47.1 Å². The van der Waals surface area contributed by atoms with Crippen molar-refractivity contribution in [3.8, 4) is 5.75 Å². The topological polar surface area (TPSA) is 68.5 Å². The molecule has 2 aromatic heterocycles.